The van der Waals surface area contributed by atoms with Crippen LogP contribution in [-0.4, -0.2) is 45.3 Å². The zero-order valence-electron chi connectivity index (χ0n) is 12.5. The van der Waals surface area contributed by atoms with Crippen molar-refractivity contribution in [1.82, 2.24) is 0 Å². The lowest BCUT2D eigenvalue weighted by Crippen LogP contribution is -2.43. The third-order valence-corrected chi connectivity index (χ3v) is 4.06. The minimum Gasteiger partial charge on any atom is -0.392 e. The molecule has 3 N–H and O–H groups in total. The summed E-state index contributed by atoms with van der Waals surface area (Å²) in [6.45, 7) is 7.37. The van der Waals surface area contributed by atoms with Gasteiger partial charge < -0.3 is 20.1 Å². The van der Waals surface area contributed by atoms with Crippen LogP contribution in [0.25, 0.3) is 0 Å². The molecule has 0 aromatic rings. The molecule has 0 bridgehead atoms. The van der Waals surface area contributed by atoms with Crippen LogP contribution >= 0.6 is 0 Å². The van der Waals surface area contributed by atoms with Crippen molar-refractivity contribution < 1.29 is 20.1 Å². The average Bonchev–Trinajstić information content (AvgIpc) is 2.70. The second kappa shape index (κ2) is 6.35. The van der Waals surface area contributed by atoms with Crippen LogP contribution in [0, 0.1) is 0 Å². The minimum absolute atomic E-state index is 0.0382. The van der Waals surface area contributed by atoms with E-state index in [9.17, 15) is 10.2 Å². The van der Waals surface area contributed by atoms with Crippen molar-refractivity contribution in [1.29, 1.82) is 0 Å². The molecular weight excluding hydrogens is 244 g/mol. The normalized spacial score (nSPS) is 30.7. The number of aliphatic hydroxyl groups is 3. The predicted octanol–water partition coefficient (Wildman–Crippen LogP) is 1.77. The molecule has 1 heterocycles. The monoisotopic (exact) mass is 272 g/mol. The molecule has 0 radical (unpaired) electrons. The van der Waals surface area contributed by atoms with Gasteiger partial charge in [-0.15, -0.1) is 0 Å². The Labute approximate surface area is 116 Å². The molecular formula is C15H28O4. The van der Waals surface area contributed by atoms with Gasteiger partial charge in [0.25, 0.3) is 0 Å². The van der Waals surface area contributed by atoms with Gasteiger partial charge in [0.05, 0.1) is 30.0 Å². The molecule has 4 heteroatoms. The van der Waals surface area contributed by atoms with Gasteiger partial charge >= 0.3 is 0 Å². The summed E-state index contributed by atoms with van der Waals surface area (Å²) in [6, 6.07) is 0. The molecule has 1 aliphatic heterocycles. The highest BCUT2D eigenvalue weighted by Gasteiger charge is 2.46. The summed E-state index contributed by atoms with van der Waals surface area (Å²) in [4.78, 5) is 0. The Morgan fingerprint density at radius 2 is 2.16 bits per heavy atom. The fourth-order valence-electron chi connectivity index (χ4n) is 2.53. The lowest BCUT2D eigenvalue weighted by molar-refractivity contribution is -0.153. The third-order valence-electron chi connectivity index (χ3n) is 4.06. The van der Waals surface area contributed by atoms with E-state index in [1.807, 2.05) is 13.8 Å². The van der Waals surface area contributed by atoms with Crippen molar-refractivity contribution in [2.24, 2.45) is 0 Å². The summed E-state index contributed by atoms with van der Waals surface area (Å²) < 4.78 is 5.90. The first-order chi connectivity index (χ1) is 8.69. The Hall–Kier alpha value is -0.420. The summed E-state index contributed by atoms with van der Waals surface area (Å²) in [5, 5.41) is 29.1. The molecule has 3 atom stereocenters. The van der Waals surface area contributed by atoms with Gasteiger partial charge in [-0.1, -0.05) is 11.6 Å². The molecule has 0 saturated carbocycles. The van der Waals surface area contributed by atoms with Crippen molar-refractivity contribution in [3.63, 3.8) is 0 Å². The maximum atomic E-state index is 10.3. The average molecular weight is 272 g/mol. The van der Waals surface area contributed by atoms with Crippen LogP contribution in [0.15, 0.2) is 11.6 Å². The van der Waals surface area contributed by atoms with Gasteiger partial charge in [0.2, 0.25) is 0 Å². The van der Waals surface area contributed by atoms with E-state index in [1.54, 1.807) is 19.9 Å². The zero-order valence-corrected chi connectivity index (χ0v) is 12.5. The second-order valence-electron chi connectivity index (χ2n) is 6.40. The van der Waals surface area contributed by atoms with Gasteiger partial charge in [-0.3, -0.25) is 0 Å². The first kappa shape index (κ1) is 16.6. The van der Waals surface area contributed by atoms with Crippen LogP contribution in [0.2, 0.25) is 0 Å². The van der Waals surface area contributed by atoms with Crippen molar-refractivity contribution in [3.8, 4) is 0 Å². The lowest BCUT2D eigenvalue weighted by atomic mass is 9.90. The summed E-state index contributed by atoms with van der Waals surface area (Å²) in [6.07, 6.45) is 3.85. The van der Waals surface area contributed by atoms with E-state index in [-0.39, 0.29) is 12.7 Å². The molecule has 4 nitrogen and oxygen atoms in total. The number of hydrogen-bond donors (Lipinski definition) is 3. The Morgan fingerprint density at radius 3 is 2.63 bits per heavy atom. The van der Waals surface area contributed by atoms with Crippen LogP contribution in [0.1, 0.15) is 53.4 Å². The Balaban J connectivity index is 2.53. The Kier molecular flexibility index (Phi) is 5.56. The second-order valence-corrected chi connectivity index (χ2v) is 6.40. The molecule has 0 aromatic heterocycles. The molecule has 1 fully saturated rings. The van der Waals surface area contributed by atoms with Crippen LogP contribution in [-0.2, 0) is 4.74 Å². The molecule has 0 spiro atoms. The van der Waals surface area contributed by atoms with Gasteiger partial charge in [0.15, 0.2) is 0 Å². The van der Waals surface area contributed by atoms with Crippen LogP contribution in [0.5, 0.6) is 0 Å². The summed E-state index contributed by atoms with van der Waals surface area (Å²) in [5.41, 5.74) is -0.379. The maximum Gasteiger partial charge on any atom is 0.0918 e. The van der Waals surface area contributed by atoms with E-state index < -0.39 is 17.3 Å². The van der Waals surface area contributed by atoms with E-state index in [2.05, 4.69) is 0 Å². The summed E-state index contributed by atoms with van der Waals surface area (Å²) >= 11 is 0. The minimum atomic E-state index is -0.871. The first-order valence-corrected chi connectivity index (χ1v) is 7.04. The number of rotatable bonds is 6. The van der Waals surface area contributed by atoms with E-state index in [1.165, 1.54) is 0 Å². The van der Waals surface area contributed by atoms with Crippen LogP contribution < -0.4 is 0 Å². The molecule has 1 aliphatic rings. The molecule has 112 valence electrons. The molecule has 0 aliphatic carbocycles. The molecule has 19 heavy (non-hydrogen) atoms. The SMILES string of the molecule is C/C(=C\CO)CC[C@@H](O)[C@@]1(C)CC[C@H](C(C)(C)O)O1. The van der Waals surface area contributed by atoms with E-state index >= 15 is 0 Å². The number of ether oxygens (including phenoxy) is 1. The van der Waals surface area contributed by atoms with Crippen molar-refractivity contribution >= 4 is 0 Å². The molecule has 1 rings (SSSR count). The summed E-state index contributed by atoms with van der Waals surface area (Å²) in [7, 11) is 0. The zero-order chi connectivity index (χ0) is 14.7. The Morgan fingerprint density at radius 1 is 1.53 bits per heavy atom. The number of hydrogen-bond acceptors (Lipinski definition) is 4. The number of aliphatic hydroxyl groups excluding tert-OH is 2. The van der Waals surface area contributed by atoms with Crippen molar-refractivity contribution in [3.05, 3.63) is 11.6 Å². The first-order valence-electron chi connectivity index (χ1n) is 7.04. The van der Waals surface area contributed by atoms with E-state index in [0.29, 0.717) is 6.42 Å². The van der Waals surface area contributed by atoms with Gasteiger partial charge in [-0.25, -0.2) is 0 Å². The quantitative estimate of drug-likeness (QED) is 0.645. The third kappa shape index (κ3) is 4.56. The smallest absolute Gasteiger partial charge is 0.0918 e. The van der Waals surface area contributed by atoms with Crippen molar-refractivity contribution in [2.45, 2.75) is 76.8 Å². The highest BCUT2D eigenvalue weighted by atomic mass is 16.5. The lowest BCUT2D eigenvalue weighted by Gasteiger charge is -2.33. The van der Waals surface area contributed by atoms with Crippen LogP contribution in [0.3, 0.4) is 0 Å². The molecule has 0 unspecified atom stereocenters. The van der Waals surface area contributed by atoms with Gasteiger partial charge in [0.1, 0.15) is 0 Å². The van der Waals surface area contributed by atoms with Crippen LogP contribution in [0.4, 0.5) is 0 Å². The topological polar surface area (TPSA) is 69.9 Å². The largest absolute Gasteiger partial charge is 0.392 e. The van der Waals surface area contributed by atoms with E-state index in [0.717, 1.165) is 24.8 Å². The fourth-order valence-corrected chi connectivity index (χ4v) is 2.53. The molecule has 1 saturated heterocycles. The highest BCUT2D eigenvalue weighted by Crippen LogP contribution is 2.38. The number of allylic oxidation sites excluding steroid dienone is 1. The molecule has 0 amide bonds. The van der Waals surface area contributed by atoms with Gasteiger partial charge in [-0.05, 0) is 53.4 Å². The van der Waals surface area contributed by atoms with Crippen molar-refractivity contribution in [2.75, 3.05) is 6.61 Å². The van der Waals surface area contributed by atoms with Gasteiger partial charge in [-0.2, -0.15) is 0 Å². The van der Waals surface area contributed by atoms with E-state index in [4.69, 9.17) is 9.84 Å². The Bertz CT molecular complexity index is 319. The predicted molar refractivity (Wildman–Crippen MR) is 74.9 cm³/mol. The standard InChI is InChI=1S/C15H28O4/c1-11(8-10-16)5-6-12(17)15(4)9-7-13(19-15)14(2,3)18/h8,12-13,16-18H,5-7,9-10H2,1-4H3/b11-8+/t12-,13-,15-/m1/s1. The highest BCUT2D eigenvalue weighted by molar-refractivity contribution is 5.01. The molecule has 0 aromatic carbocycles. The summed E-state index contributed by atoms with van der Waals surface area (Å²) in [5.74, 6) is 0. The maximum absolute atomic E-state index is 10.3. The van der Waals surface area contributed by atoms with Gasteiger partial charge in [0, 0.05) is 0 Å². The fraction of sp³-hybridized carbons (Fsp3) is 0.867.